The van der Waals surface area contributed by atoms with Crippen molar-refractivity contribution in [3.05, 3.63) is 35.4 Å². The van der Waals surface area contributed by atoms with Gasteiger partial charge < -0.3 is 9.64 Å². The van der Waals surface area contributed by atoms with Crippen molar-refractivity contribution < 1.29 is 19.1 Å². The van der Waals surface area contributed by atoms with Crippen molar-refractivity contribution in [1.82, 2.24) is 9.80 Å². The molecule has 4 rings (SSSR count). The molecule has 0 bridgehead atoms. The van der Waals surface area contributed by atoms with Crippen LogP contribution in [0, 0.1) is 11.3 Å². The zero-order valence-corrected chi connectivity index (χ0v) is 18.4. The number of benzene rings is 1. The lowest BCUT2D eigenvalue weighted by Crippen LogP contribution is -2.49. The van der Waals surface area contributed by atoms with Crippen molar-refractivity contribution in [3.63, 3.8) is 0 Å². The molecule has 2 fully saturated rings. The highest BCUT2D eigenvalue weighted by Crippen LogP contribution is 2.55. The molecular formula is C24H32N2O4. The van der Waals surface area contributed by atoms with Crippen LogP contribution >= 0.6 is 0 Å². The summed E-state index contributed by atoms with van der Waals surface area (Å²) in [5, 5.41) is 0. The van der Waals surface area contributed by atoms with Crippen LogP contribution in [0.25, 0.3) is 0 Å². The minimum atomic E-state index is -0.480. The Kier molecular flexibility index (Phi) is 5.15. The number of hydrogen-bond acceptors (Lipinski definition) is 4. The molecule has 1 heterocycles. The quantitative estimate of drug-likeness (QED) is 0.686. The summed E-state index contributed by atoms with van der Waals surface area (Å²) in [5.74, 6) is 0.0748. The zero-order valence-electron chi connectivity index (χ0n) is 18.4. The summed E-state index contributed by atoms with van der Waals surface area (Å²) < 4.78 is 5.50. The van der Waals surface area contributed by atoms with Crippen molar-refractivity contribution >= 4 is 17.9 Å². The topological polar surface area (TPSA) is 66.9 Å². The maximum absolute atomic E-state index is 12.6. The number of ether oxygens (including phenoxy) is 1. The largest absolute Gasteiger partial charge is 0.444 e. The Bertz CT molecular complexity index is 821. The number of amides is 3. The van der Waals surface area contributed by atoms with Crippen LogP contribution in [0.1, 0.15) is 80.0 Å². The van der Waals surface area contributed by atoms with Gasteiger partial charge in [-0.1, -0.05) is 12.1 Å². The lowest BCUT2D eigenvalue weighted by atomic mass is 9.55. The fourth-order valence-electron chi connectivity index (χ4n) is 5.45. The van der Waals surface area contributed by atoms with Gasteiger partial charge in [0.15, 0.2) is 0 Å². The molecule has 0 aromatic heterocycles. The first-order valence-corrected chi connectivity index (χ1v) is 11.0. The van der Waals surface area contributed by atoms with Gasteiger partial charge in [-0.15, -0.1) is 0 Å². The van der Waals surface area contributed by atoms with Crippen molar-refractivity contribution in [2.75, 3.05) is 13.6 Å². The molecule has 3 amide bonds. The highest BCUT2D eigenvalue weighted by atomic mass is 16.6. The summed E-state index contributed by atoms with van der Waals surface area (Å²) in [7, 11) is 1.84. The molecule has 3 aliphatic rings. The van der Waals surface area contributed by atoms with Crippen LogP contribution in [0.2, 0.25) is 0 Å². The number of rotatable bonds is 3. The molecule has 0 unspecified atom stereocenters. The average Bonchev–Trinajstić information content (AvgIpc) is 2.90. The second kappa shape index (κ2) is 7.40. The number of imide groups is 1. The number of hydrogen-bond donors (Lipinski definition) is 0. The van der Waals surface area contributed by atoms with Crippen molar-refractivity contribution in [2.24, 2.45) is 11.3 Å². The molecule has 6 nitrogen and oxygen atoms in total. The molecule has 0 radical (unpaired) electrons. The van der Waals surface area contributed by atoms with E-state index in [0.717, 1.165) is 38.5 Å². The monoisotopic (exact) mass is 412 g/mol. The van der Waals surface area contributed by atoms with Gasteiger partial charge in [0.2, 0.25) is 0 Å². The van der Waals surface area contributed by atoms with E-state index in [1.54, 1.807) is 29.2 Å². The minimum Gasteiger partial charge on any atom is -0.444 e. The molecule has 1 aromatic carbocycles. The number of nitrogens with zero attached hydrogens (tertiary/aromatic N) is 2. The summed E-state index contributed by atoms with van der Waals surface area (Å²) >= 11 is 0. The van der Waals surface area contributed by atoms with E-state index in [0.29, 0.717) is 29.0 Å². The molecule has 162 valence electrons. The predicted octanol–water partition coefficient (Wildman–Crippen LogP) is 4.49. The Balaban J connectivity index is 1.27. The van der Waals surface area contributed by atoms with Crippen LogP contribution in [0.3, 0.4) is 0 Å². The maximum Gasteiger partial charge on any atom is 0.410 e. The van der Waals surface area contributed by atoms with Gasteiger partial charge >= 0.3 is 6.09 Å². The number of carbonyl (C=O) groups excluding carboxylic acids is 3. The third-order valence-corrected chi connectivity index (χ3v) is 7.01. The minimum absolute atomic E-state index is 0.153. The summed E-state index contributed by atoms with van der Waals surface area (Å²) in [6.45, 7) is 6.18. The second-order valence-corrected chi connectivity index (χ2v) is 10.4. The molecular weight excluding hydrogens is 380 g/mol. The highest BCUT2D eigenvalue weighted by Gasteiger charge is 2.49. The van der Waals surface area contributed by atoms with E-state index in [9.17, 15) is 14.4 Å². The molecule has 1 spiro atoms. The van der Waals surface area contributed by atoms with E-state index in [1.165, 1.54) is 4.90 Å². The van der Waals surface area contributed by atoms with Crippen LogP contribution < -0.4 is 0 Å². The summed E-state index contributed by atoms with van der Waals surface area (Å²) in [4.78, 5) is 40.7. The summed E-state index contributed by atoms with van der Waals surface area (Å²) in [6, 6.07) is 7.30. The summed E-state index contributed by atoms with van der Waals surface area (Å²) in [6.07, 6.45) is 6.00. The van der Waals surface area contributed by atoms with Gasteiger partial charge in [0, 0.05) is 19.6 Å². The van der Waals surface area contributed by atoms with E-state index in [1.807, 2.05) is 27.8 Å². The van der Waals surface area contributed by atoms with Crippen LogP contribution in [-0.4, -0.2) is 52.9 Å². The lowest BCUT2D eigenvalue weighted by molar-refractivity contribution is -0.0249. The number of fused-ring (bicyclic) bond motifs is 1. The van der Waals surface area contributed by atoms with Crippen LogP contribution in [0.15, 0.2) is 24.3 Å². The van der Waals surface area contributed by atoms with E-state index < -0.39 is 5.60 Å². The van der Waals surface area contributed by atoms with Gasteiger partial charge in [0.25, 0.3) is 11.8 Å². The molecule has 1 aliphatic heterocycles. The first-order valence-electron chi connectivity index (χ1n) is 11.0. The van der Waals surface area contributed by atoms with Crippen molar-refractivity contribution in [1.29, 1.82) is 0 Å². The van der Waals surface area contributed by atoms with Crippen LogP contribution in [0.4, 0.5) is 4.79 Å². The molecule has 2 saturated carbocycles. The average molecular weight is 413 g/mol. The Morgan fingerprint density at radius 2 is 1.63 bits per heavy atom. The third kappa shape index (κ3) is 3.84. The maximum atomic E-state index is 12.6. The fourth-order valence-corrected chi connectivity index (χ4v) is 5.45. The van der Waals surface area contributed by atoms with Crippen LogP contribution in [0.5, 0.6) is 0 Å². The zero-order chi connectivity index (χ0) is 21.7. The molecule has 6 heteroatoms. The molecule has 0 saturated heterocycles. The first-order chi connectivity index (χ1) is 14.1. The normalized spacial score (nSPS) is 28.3. The smallest absolute Gasteiger partial charge is 0.410 e. The Hall–Kier alpha value is -2.37. The summed E-state index contributed by atoms with van der Waals surface area (Å²) in [5.41, 5.74) is 0.894. The molecule has 0 atom stereocenters. The van der Waals surface area contributed by atoms with Gasteiger partial charge in [0.05, 0.1) is 11.1 Å². The van der Waals surface area contributed by atoms with Gasteiger partial charge in [-0.2, -0.15) is 0 Å². The standard InChI is InChI=1S/C24H32N2O4/c1-23(2,3)30-22(29)25(4)17-9-11-24(12-10-17)13-16(14-24)15-26-20(27)18-7-5-6-8-19(18)21(26)28/h5-8,16-17H,9-15H2,1-4H3. The first kappa shape index (κ1) is 20.9. The van der Waals surface area contributed by atoms with E-state index in [2.05, 4.69) is 0 Å². The predicted molar refractivity (Wildman–Crippen MR) is 113 cm³/mol. The van der Waals surface area contributed by atoms with Gasteiger partial charge in [-0.05, 0) is 82.8 Å². The molecule has 30 heavy (non-hydrogen) atoms. The van der Waals surface area contributed by atoms with Gasteiger partial charge in [-0.3, -0.25) is 14.5 Å². The molecule has 2 aliphatic carbocycles. The van der Waals surface area contributed by atoms with E-state index >= 15 is 0 Å². The SMILES string of the molecule is CN(C(=O)OC(C)(C)C)C1CCC2(CC1)CC(CN1C(=O)c3ccccc3C1=O)C2. The second-order valence-electron chi connectivity index (χ2n) is 10.4. The van der Waals surface area contributed by atoms with E-state index in [4.69, 9.17) is 4.74 Å². The third-order valence-electron chi connectivity index (χ3n) is 7.01. The van der Waals surface area contributed by atoms with Crippen LogP contribution in [-0.2, 0) is 4.74 Å². The van der Waals surface area contributed by atoms with E-state index in [-0.39, 0.29) is 23.9 Å². The van der Waals surface area contributed by atoms with Gasteiger partial charge in [0.1, 0.15) is 5.60 Å². The van der Waals surface area contributed by atoms with Gasteiger partial charge in [-0.25, -0.2) is 4.79 Å². The Morgan fingerprint density at radius 1 is 1.10 bits per heavy atom. The van der Waals surface area contributed by atoms with Crippen molar-refractivity contribution in [2.45, 2.75) is 70.9 Å². The Labute approximate surface area is 178 Å². The Morgan fingerprint density at radius 3 is 2.13 bits per heavy atom. The number of carbonyl (C=O) groups is 3. The molecule has 0 N–H and O–H groups in total. The van der Waals surface area contributed by atoms with Crippen molar-refractivity contribution in [3.8, 4) is 0 Å². The molecule has 1 aromatic rings. The fraction of sp³-hybridized carbons (Fsp3) is 0.625. The highest BCUT2D eigenvalue weighted by molar-refractivity contribution is 6.21. The lowest BCUT2D eigenvalue weighted by Gasteiger charge is -2.53.